The number of hydrogen-bond acceptors (Lipinski definition) is 6. The fraction of sp³-hybridized carbons (Fsp3) is 0.562. The lowest BCUT2D eigenvalue weighted by Crippen LogP contribution is -2.37. The fourth-order valence-corrected chi connectivity index (χ4v) is 3.38. The van der Waals surface area contributed by atoms with Crippen LogP contribution in [0.4, 0.5) is 0 Å². The number of hydrogen-bond donors (Lipinski definition) is 0. The summed E-state index contributed by atoms with van der Waals surface area (Å²) in [7, 11) is 0. The molecule has 2 saturated heterocycles. The van der Waals surface area contributed by atoms with Crippen LogP contribution < -0.4 is 0 Å². The second-order valence-electron chi connectivity index (χ2n) is 6.01. The number of pyridine rings is 1. The lowest BCUT2D eigenvalue weighted by molar-refractivity contribution is 0.0417. The van der Waals surface area contributed by atoms with Gasteiger partial charge in [0.15, 0.2) is 0 Å². The Morgan fingerprint density at radius 1 is 1.14 bits per heavy atom. The number of rotatable bonds is 3. The summed E-state index contributed by atoms with van der Waals surface area (Å²) in [6, 6.07) is 4.47. The van der Waals surface area contributed by atoms with E-state index in [1.807, 2.05) is 12.1 Å². The van der Waals surface area contributed by atoms with Crippen molar-refractivity contribution in [1.82, 2.24) is 20.1 Å². The van der Waals surface area contributed by atoms with Crippen molar-refractivity contribution in [2.24, 2.45) is 0 Å². The number of likely N-dealkylation sites (tertiary alicyclic amines) is 1. The minimum Gasteiger partial charge on any atom is -0.420 e. The van der Waals surface area contributed by atoms with Crippen LogP contribution in [-0.2, 0) is 4.74 Å². The van der Waals surface area contributed by atoms with Gasteiger partial charge in [0, 0.05) is 38.2 Å². The maximum absolute atomic E-state index is 5.88. The SMILES string of the molecule is c1cncc(-c2nnc(C3CCN(C4CCOCC4)C3)o2)c1. The summed E-state index contributed by atoms with van der Waals surface area (Å²) < 4.78 is 11.3. The molecule has 6 heteroatoms. The lowest BCUT2D eigenvalue weighted by atomic mass is 10.1. The largest absolute Gasteiger partial charge is 0.420 e. The van der Waals surface area contributed by atoms with Crippen molar-refractivity contribution >= 4 is 0 Å². The van der Waals surface area contributed by atoms with Crippen LogP contribution in [0.5, 0.6) is 0 Å². The monoisotopic (exact) mass is 300 g/mol. The molecular weight excluding hydrogens is 280 g/mol. The van der Waals surface area contributed by atoms with Crippen LogP contribution in [0.1, 0.15) is 31.1 Å². The van der Waals surface area contributed by atoms with Gasteiger partial charge in [-0.1, -0.05) is 0 Å². The molecule has 2 fully saturated rings. The molecule has 0 N–H and O–H groups in total. The van der Waals surface area contributed by atoms with Gasteiger partial charge in [0.2, 0.25) is 11.8 Å². The average Bonchev–Trinajstić information content (AvgIpc) is 3.26. The summed E-state index contributed by atoms with van der Waals surface area (Å²) in [5.74, 6) is 1.67. The van der Waals surface area contributed by atoms with Crippen molar-refractivity contribution in [1.29, 1.82) is 0 Å². The molecule has 2 aromatic rings. The second-order valence-corrected chi connectivity index (χ2v) is 6.01. The van der Waals surface area contributed by atoms with Crippen LogP contribution in [0, 0.1) is 0 Å². The van der Waals surface area contributed by atoms with Gasteiger partial charge in [-0.2, -0.15) is 0 Å². The predicted molar refractivity (Wildman–Crippen MR) is 80.3 cm³/mol. The summed E-state index contributed by atoms with van der Waals surface area (Å²) in [6.45, 7) is 3.90. The highest BCUT2D eigenvalue weighted by Crippen LogP contribution is 2.31. The molecule has 2 aliphatic heterocycles. The van der Waals surface area contributed by atoms with Gasteiger partial charge < -0.3 is 9.15 Å². The Balaban J connectivity index is 1.44. The molecule has 0 saturated carbocycles. The third-order valence-corrected chi connectivity index (χ3v) is 4.63. The molecule has 22 heavy (non-hydrogen) atoms. The quantitative estimate of drug-likeness (QED) is 0.865. The number of aromatic nitrogens is 3. The minimum atomic E-state index is 0.348. The topological polar surface area (TPSA) is 64.3 Å². The van der Waals surface area contributed by atoms with Gasteiger partial charge in [0.1, 0.15) is 0 Å². The van der Waals surface area contributed by atoms with Crippen LogP contribution >= 0.6 is 0 Å². The van der Waals surface area contributed by atoms with E-state index in [2.05, 4.69) is 20.1 Å². The summed E-state index contributed by atoms with van der Waals surface area (Å²) in [5, 5.41) is 8.43. The summed E-state index contributed by atoms with van der Waals surface area (Å²) in [6.07, 6.45) is 6.85. The standard InChI is InChI=1S/C16H20N4O2/c1-2-12(10-17-6-1)15-18-19-16(22-15)13-3-7-20(11-13)14-4-8-21-9-5-14/h1-2,6,10,13-14H,3-5,7-9,11H2. The Kier molecular flexibility index (Phi) is 3.86. The molecule has 1 unspecified atom stereocenters. The van der Waals surface area contributed by atoms with Crippen molar-refractivity contribution in [2.45, 2.75) is 31.2 Å². The van der Waals surface area contributed by atoms with Crippen LogP contribution in [0.2, 0.25) is 0 Å². The summed E-state index contributed by atoms with van der Waals surface area (Å²) in [5.41, 5.74) is 0.875. The lowest BCUT2D eigenvalue weighted by Gasteiger charge is -2.30. The highest BCUT2D eigenvalue weighted by atomic mass is 16.5. The first kappa shape index (κ1) is 13.8. The van der Waals surface area contributed by atoms with Crippen molar-refractivity contribution in [3.8, 4) is 11.5 Å². The molecule has 0 amide bonds. The van der Waals surface area contributed by atoms with Gasteiger partial charge in [-0.3, -0.25) is 9.88 Å². The highest BCUT2D eigenvalue weighted by Gasteiger charge is 2.32. The zero-order chi connectivity index (χ0) is 14.8. The molecule has 2 aliphatic rings. The van der Waals surface area contributed by atoms with Crippen molar-refractivity contribution in [2.75, 3.05) is 26.3 Å². The van der Waals surface area contributed by atoms with Gasteiger partial charge in [-0.25, -0.2) is 0 Å². The molecule has 4 heterocycles. The Labute approximate surface area is 129 Å². The van der Waals surface area contributed by atoms with E-state index in [0.717, 1.165) is 57.0 Å². The summed E-state index contributed by atoms with van der Waals surface area (Å²) >= 11 is 0. The van der Waals surface area contributed by atoms with E-state index >= 15 is 0 Å². The maximum atomic E-state index is 5.88. The van der Waals surface area contributed by atoms with E-state index in [4.69, 9.17) is 9.15 Å². The number of nitrogens with zero attached hydrogens (tertiary/aromatic N) is 4. The average molecular weight is 300 g/mol. The molecule has 0 aromatic carbocycles. The maximum Gasteiger partial charge on any atom is 0.249 e. The first-order valence-electron chi connectivity index (χ1n) is 7.96. The van der Waals surface area contributed by atoms with Crippen LogP contribution in [-0.4, -0.2) is 52.4 Å². The third-order valence-electron chi connectivity index (χ3n) is 4.63. The van der Waals surface area contributed by atoms with E-state index in [1.165, 1.54) is 0 Å². The molecule has 0 bridgehead atoms. The van der Waals surface area contributed by atoms with Crippen LogP contribution in [0.25, 0.3) is 11.5 Å². The summed E-state index contributed by atoms with van der Waals surface area (Å²) in [4.78, 5) is 6.65. The van der Waals surface area contributed by atoms with Gasteiger partial charge >= 0.3 is 0 Å². The molecule has 0 spiro atoms. The first-order valence-corrected chi connectivity index (χ1v) is 7.96. The van der Waals surface area contributed by atoms with Crippen LogP contribution in [0.3, 0.4) is 0 Å². The third kappa shape index (κ3) is 2.76. The van der Waals surface area contributed by atoms with E-state index in [9.17, 15) is 0 Å². The fourth-order valence-electron chi connectivity index (χ4n) is 3.38. The number of ether oxygens (including phenoxy) is 1. The minimum absolute atomic E-state index is 0.348. The smallest absolute Gasteiger partial charge is 0.249 e. The predicted octanol–water partition coefficient (Wildman–Crippen LogP) is 2.10. The molecule has 0 radical (unpaired) electrons. The van der Waals surface area contributed by atoms with E-state index in [-0.39, 0.29) is 0 Å². The van der Waals surface area contributed by atoms with Gasteiger partial charge in [0.05, 0.1) is 11.5 Å². The zero-order valence-electron chi connectivity index (χ0n) is 12.5. The molecule has 6 nitrogen and oxygen atoms in total. The van der Waals surface area contributed by atoms with E-state index in [1.54, 1.807) is 12.4 Å². The Morgan fingerprint density at radius 2 is 2.05 bits per heavy atom. The molecule has 1 atom stereocenters. The molecule has 2 aromatic heterocycles. The molecule has 4 rings (SSSR count). The second kappa shape index (κ2) is 6.14. The van der Waals surface area contributed by atoms with Crippen molar-refractivity contribution < 1.29 is 9.15 Å². The van der Waals surface area contributed by atoms with Crippen molar-refractivity contribution in [3.05, 3.63) is 30.4 Å². The Morgan fingerprint density at radius 3 is 2.86 bits per heavy atom. The molecule has 0 aliphatic carbocycles. The molecular formula is C16H20N4O2. The normalized spacial score (nSPS) is 23.9. The first-order chi connectivity index (χ1) is 10.9. The van der Waals surface area contributed by atoms with E-state index in [0.29, 0.717) is 17.9 Å². The highest BCUT2D eigenvalue weighted by molar-refractivity contribution is 5.50. The zero-order valence-corrected chi connectivity index (χ0v) is 12.5. The molecule has 116 valence electrons. The van der Waals surface area contributed by atoms with Crippen LogP contribution in [0.15, 0.2) is 28.9 Å². The van der Waals surface area contributed by atoms with Gasteiger partial charge in [0.25, 0.3) is 0 Å². The Hall–Kier alpha value is -1.79. The van der Waals surface area contributed by atoms with Gasteiger partial charge in [-0.15, -0.1) is 10.2 Å². The van der Waals surface area contributed by atoms with E-state index < -0.39 is 0 Å². The van der Waals surface area contributed by atoms with Crippen molar-refractivity contribution in [3.63, 3.8) is 0 Å². The Bertz CT molecular complexity index is 610. The van der Waals surface area contributed by atoms with Gasteiger partial charge in [-0.05, 0) is 37.9 Å².